The third kappa shape index (κ3) is 5.03. The molecular formula is C19H22ClN3O3. The number of hydrogen-bond acceptors (Lipinski definition) is 4. The molecule has 0 bridgehead atoms. The van der Waals surface area contributed by atoms with Crippen molar-refractivity contribution in [3.8, 4) is 0 Å². The van der Waals surface area contributed by atoms with Crippen LogP contribution in [0.5, 0.6) is 0 Å². The molecule has 2 aromatic carbocycles. The van der Waals surface area contributed by atoms with Gasteiger partial charge in [0.25, 0.3) is 11.6 Å². The van der Waals surface area contributed by atoms with Crippen LogP contribution in [-0.2, 0) is 13.1 Å². The smallest absolute Gasteiger partial charge is 0.283 e. The van der Waals surface area contributed by atoms with Gasteiger partial charge in [-0.05, 0) is 36.3 Å². The first kappa shape index (κ1) is 19.9. The molecule has 0 saturated heterocycles. The van der Waals surface area contributed by atoms with Gasteiger partial charge >= 0.3 is 0 Å². The number of nitrogens with one attached hydrogen (secondary N) is 1. The van der Waals surface area contributed by atoms with Crippen LogP contribution in [0.3, 0.4) is 0 Å². The Morgan fingerprint density at radius 3 is 2.42 bits per heavy atom. The molecule has 1 amide bonds. The minimum Gasteiger partial charge on any atom is -0.348 e. The maximum Gasteiger partial charge on any atom is 0.283 e. The van der Waals surface area contributed by atoms with Gasteiger partial charge in [0.05, 0.1) is 4.92 Å². The average molecular weight is 376 g/mol. The van der Waals surface area contributed by atoms with Crippen LogP contribution in [0.25, 0.3) is 0 Å². The minimum absolute atomic E-state index is 0.000578. The lowest BCUT2D eigenvalue weighted by atomic mass is 10.1. The van der Waals surface area contributed by atoms with Crippen LogP contribution in [0.1, 0.15) is 35.3 Å². The van der Waals surface area contributed by atoms with Gasteiger partial charge in [-0.25, -0.2) is 0 Å². The molecule has 0 saturated carbocycles. The molecule has 0 atom stereocenters. The number of nitro groups is 1. The number of carbonyl (C=O) groups excluding carboxylic acids is 1. The highest BCUT2D eigenvalue weighted by Gasteiger charge is 2.20. The Balaban J connectivity index is 2.15. The summed E-state index contributed by atoms with van der Waals surface area (Å²) in [6.45, 7) is 7.18. The fraction of sp³-hybridized carbons (Fsp3) is 0.316. The van der Waals surface area contributed by atoms with E-state index in [1.807, 2.05) is 24.3 Å². The Morgan fingerprint density at radius 2 is 1.81 bits per heavy atom. The summed E-state index contributed by atoms with van der Waals surface area (Å²) < 4.78 is 0. The Labute approximate surface area is 157 Å². The number of halogens is 1. The fourth-order valence-electron chi connectivity index (χ4n) is 2.69. The van der Waals surface area contributed by atoms with E-state index in [2.05, 4.69) is 24.1 Å². The summed E-state index contributed by atoms with van der Waals surface area (Å²) in [6.07, 6.45) is 0. The highest BCUT2D eigenvalue weighted by Crippen LogP contribution is 2.23. The predicted octanol–water partition coefficient (Wildman–Crippen LogP) is 4.02. The van der Waals surface area contributed by atoms with Crippen molar-refractivity contribution in [3.05, 3.63) is 74.3 Å². The fourth-order valence-corrected chi connectivity index (χ4v) is 2.86. The lowest BCUT2D eigenvalue weighted by Crippen LogP contribution is -2.26. The van der Waals surface area contributed by atoms with Gasteiger partial charge in [-0.3, -0.25) is 19.8 Å². The zero-order valence-corrected chi connectivity index (χ0v) is 15.6. The van der Waals surface area contributed by atoms with Crippen molar-refractivity contribution in [2.45, 2.75) is 26.9 Å². The molecule has 1 N–H and O–H groups in total. The Bertz CT molecular complexity index is 791. The SMILES string of the molecule is CCN(CC)Cc1ccccc1CNC(=O)c1ccc(Cl)cc1[N+](=O)[O-]. The average Bonchev–Trinajstić information content (AvgIpc) is 2.64. The van der Waals surface area contributed by atoms with Gasteiger partial charge in [-0.15, -0.1) is 0 Å². The second kappa shape index (κ2) is 9.31. The van der Waals surface area contributed by atoms with Crippen molar-refractivity contribution in [1.29, 1.82) is 0 Å². The molecule has 0 heterocycles. The minimum atomic E-state index is -0.602. The lowest BCUT2D eigenvalue weighted by molar-refractivity contribution is -0.385. The maximum absolute atomic E-state index is 12.4. The van der Waals surface area contributed by atoms with Crippen LogP contribution in [0.4, 0.5) is 5.69 Å². The van der Waals surface area contributed by atoms with Gasteiger partial charge in [-0.2, -0.15) is 0 Å². The van der Waals surface area contributed by atoms with E-state index < -0.39 is 10.8 Å². The molecule has 0 unspecified atom stereocenters. The summed E-state index contributed by atoms with van der Waals surface area (Å²) in [4.78, 5) is 25.3. The van der Waals surface area contributed by atoms with E-state index in [1.165, 1.54) is 18.2 Å². The topological polar surface area (TPSA) is 75.5 Å². The van der Waals surface area contributed by atoms with Gasteiger partial charge in [0.15, 0.2) is 0 Å². The van der Waals surface area contributed by atoms with Crippen LogP contribution >= 0.6 is 11.6 Å². The number of amides is 1. The normalized spacial score (nSPS) is 10.8. The molecule has 0 fully saturated rings. The van der Waals surface area contributed by atoms with Crippen molar-refractivity contribution in [3.63, 3.8) is 0 Å². The van der Waals surface area contributed by atoms with Gasteiger partial charge in [0.1, 0.15) is 5.56 Å². The molecule has 26 heavy (non-hydrogen) atoms. The van der Waals surface area contributed by atoms with Crippen LogP contribution in [0.2, 0.25) is 5.02 Å². The Kier molecular flexibility index (Phi) is 7.12. The first-order chi connectivity index (χ1) is 12.5. The molecular weight excluding hydrogens is 354 g/mol. The number of benzene rings is 2. The molecule has 2 rings (SSSR count). The summed E-state index contributed by atoms with van der Waals surface area (Å²) in [5, 5.41) is 14.2. The lowest BCUT2D eigenvalue weighted by Gasteiger charge is -2.20. The van der Waals surface area contributed by atoms with E-state index >= 15 is 0 Å². The third-order valence-electron chi connectivity index (χ3n) is 4.25. The van der Waals surface area contributed by atoms with Crippen LogP contribution in [0.15, 0.2) is 42.5 Å². The van der Waals surface area contributed by atoms with Gasteiger partial charge in [0, 0.05) is 24.2 Å². The van der Waals surface area contributed by atoms with Crippen molar-refractivity contribution >= 4 is 23.2 Å². The van der Waals surface area contributed by atoms with Crippen LogP contribution in [0, 0.1) is 10.1 Å². The number of carbonyl (C=O) groups is 1. The largest absolute Gasteiger partial charge is 0.348 e. The molecule has 0 spiro atoms. The summed E-state index contributed by atoms with van der Waals surface area (Å²) in [5.74, 6) is -0.494. The molecule has 7 heteroatoms. The molecule has 0 aliphatic rings. The zero-order chi connectivity index (χ0) is 19.1. The first-order valence-electron chi connectivity index (χ1n) is 8.47. The standard InChI is InChI=1S/C19H22ClN3O3/c1-3-22(4-2)13-15-8-6-5-7-14(15)12-21-19(24)17-10-9-16(20)11-18(17)23(25)26/h5-11H,3-4,12-13H2,1-2H3,(H,21,24). The Hall–Kier alpha value is -2.44. The van der Waals surface area contributed by atoms with E-state index in [-0.39, 0.29) is 16.3 Å². The van der Waals surface area contributed by atoms with Gasteiger partial charge in [-0.1, -0.05) is 49.7 Å². The number of nitrogens with zero attached hydrogens (tertiary/aromatic N) is 2. The van der Waals surface area contributed by atoms with Crippen molar-refractivity contribution in [2.75, 3.05) is 13.1 Å². The molecule has 0 aliphatic heterocycles. The second-order valence-corrected chi connectivity index (χ2v) is 6.27. The van der Waals surface area contributed by atoms with Crippen molar-refractivity contribution < 1.29 is 9.72 Å². The molecule has 138 valence electrons. The Morgan fingerprint density at radius 1 is 1.15 bits per heavy atom. The third-order valence-corrected chi connectivity index (χ3v) is 4.48. The maximum atomic E-state index is 12.4. The monoisotopic (exact) mass is 375 g/mol. The van der Waals surface area contributed by atoms with E-state index in [0.717, 1.165) is 30.8 Å². The van der Waals surface area contributed by atoms with Gasteiger partial charge in [0.2, 0.25) is 0 Å². The van der Waals surface area contributed by atoms with E-state index in [1.54, 1.807) is 0 Å². The summed E-state index contributed by atoms with van der Waals surface area (Å²) in [6, 6.07) is 11.9. The molecule has 0 radical (unpaired) electrons. The first-order valence-corrected chi connectivity index (χ1v) is 8.85. The van der Waals surface area contributed by atoms with Gasteiger partial charge < -0.3 is 5.32 Å². The molecule has 6 nitrogen and oxygen atoms in total. The summed E-state index contributed by atoms with van der Waals surface area (Å²) in [7, 11) is 0. The van der Waals surface area contributed by atoms with Crippen molar-refractivity contribution in [1.82, 2.24) is 10.2 Å². The predicted molar refractivity (Wildman–Crippen MR) is 102 cm³/mol. The molecule has 0 aliphatic carbocycles. The summed E-state index contributed by atoms with van der Waals surface area (Å²) in [5.41, 5.74) is 1.82. The quantitative estimate of drug-likeness (QED) is 0.558. The van der Waals surface area contributed by atoms with Crippen LogP contribution < -0.4 is 5.32 Å². The van der Waals surface area contributed by atoms with Crippen molar-refractivity contribution in [2.24, 2.45) is 0 Å². The van der Waals surface area contributed by atoms with E-state index in [9.17, 15) is 14.9 Å². The highest BCUT2D eigenvalue weighted by atomic mass is 35.5. The molecule has 2 aromatic rings. The van der Waals surface area contributed by atoms with E-state index in [4.69, 9.17) is 11.6 Å². The highest BCUT2D eigenvalue weighted by molar-refractivity contribution is 6.31. The zero-order valence-electron chi connectivity index (χ0n) is 14.9. The second-order valence-electron chi connectivity index (χ2n) is 5.83. The molecule has 0 aromatic heterocycles. The number of nitro benzene ring substituents is 1. The van der Waals surface area contributed by atoms with Crippen LogP contribution in [-0.4, -0.2) is 28.8 Å². The summed E-state index contributed by atoms with van der Waals surface area (Å²) >= 11 is 5.79. The van der Waals surface area contributed by atoms with E-state index in [0.29, 0.717) is 6.54 Å². The number of rotatable bonds is 8. The number of hydrogen-bond donors (Lipinski definition) is 1.